The largest absolute Gasteiger partial charge is 0.465 e. The summed E-state index contributed by atoms with van der Waals surface area (Å²) in [6, 6.07) is 6.92. The van der Waals surface area contributed by atoms with E-state index in [9.17, 15) is 33.0 Å². The molecule has 4 rings (SSSR count). The molecule has 0 bridgehead atoms. The Balaban J connectivity index is 1.71. The van der Waals surface area contributed by atoms with Gasteiger partial charge in [-0.05, 0) is 34.0 Å². The highest BCUT2D eigenvalue weighted by Crippen LogP contribution is 2.49. The van der Waals surface area contributed by atoms with Crippen molar-refractivity contribution in [3.63, 3.8) is 0 Å². The molecule has 170 valence electrons. The van der Waals surface area contributed by atoms with E-state index in [0.29, 0.717) is 29.9 Å². The molecule has 1 aliphatic carbocycles. The number of carboxylic acid groups (broad SMARTS) is 1. The summed E-state index contributed by atoms with van der Waals surface area (Å²) in [7, 11) is 0. The number of aromatic nitrogens is 2. The molecular formula is C20H17BrF3N3O4S. The van der Waals surface area contributed by atoms with E-state index in [1.54, 1.807) is 31.2 Å². The Bertz CT molecular complexity index is 1260. The third kappa shape index (κ3) is 4.14. The first kappa shape index (κ1) is 22.7. The van der Waals surface area contributed by atoms with E-state index < -0.39 is 35.5 Å². The van der Waals surface area contributed by atoms with Crippen LogP contribution in [0.3, 0.4) is 0 Å². The van der Waals surface area contributed by atoms with Crippen LogP contribution in [0.15, 0.2) is 39.9 Å². The van der Waals surface area contributed by atoms with Gasteiger partial charge >= 0.3 is 12.3 Å². The van der Waals surface area contributed by atoms with Gasteiger partial charge in [-0.1, -0.05) is 24.3 Å². The van der Waals surface area contributed by atoms with Crippen LogP contribution in [0, 0.1) is 0 Å². The van der Waals surface area contributed by atoms with Crippen LogP contribution in [-0.4, -0.2) is 37.6 Å². The van der Waals surface area contributed by atoms with Gasteiger partial charge in [0.15, 0.2) is 0 Å². The van der Waals surface area contributed by atoms with Crippen LogP contribution in [0.1, 0.15) is 25.3 Å². The van der Waals surface area contributed by atoms with Crippen molar-refractivity contribution in [2.24, 2.45) is 0 Å². The maximum absolute atomic E-state index is 12.7. The third-order valence-electron chi connectivity index (χ3n) is 5.38. The number of benzene rings is 1. The molecular weight excluding hydrogens is 515 g/mol. The van der Waals surface area contributed by atoms with E-state index in [1.165, 1.54) is 0 Å². The highest BCUT2D eigenvalue weighted by Gasteiger charge is 2.53. The average molecular weight is 532 g/mol. The summed E-state index contributed by atoms with van der Waals surface area (Å²) in [6.45, 7) is 0.208. The summed E-state index contributed by atoms with van der Waals surface area (Å²) in [5.74, 6) is 0. The van der Waals surface area contributed by atoms with Crippen molar-refractivity contribution in [1.82, 2.24) is 14.9 Å². The Morgan fingerprint density at radius 3 is 2.47 bits per heavy atom. The van der Waals surface area contributed by atoms with Gasteiger partial charge in [0.2, 0.25) is 0 Å². The second-order valence-corrected chi connectivity index (χ2v) is 9.95. The van der Waals surface area contributed by atoms with Crippen molar-refractivity contribution < 1.29 is 28.2 Å². The lowest BCUT2D eigenvalue weighted by atomic mass is 9.62. The normalized spacial score (nSPS) is 23.2. The summed E-state index contributed by atoms with van der Waals surface area (Å²) in [5, 5.41) is 21.9. The summed E-state index contributed by atoms with van der Waals surface area (Å²) < 4.78 is 39.1. The minimum absolute atomic E-state index is 0.0693. The molecule has 0 unspecified atom stereocenters. The Kier molecular flexibility index (Phi) is 5.37. The van der Waals surface area contributed by atoms with E-state index in [-0.39, 0.29) is 18.2 Å². The molecule has 2 aromatic heterocycles. The summed E-state index contributed by atoms with van der Waals surface area (Å²) in [4.78, 5) is 28.8. The van der Waals surface area contributed by atoms with Crippen molar-refractivity contribution >= 4 is 43.6 Å². The lowest BCUT2D eigenvalue weighted by molar-refractivity contribution is -0.141. The maximum atomic E-state index is 12.7. The third-order valence-corrected chi connectivity index (χ3v) is 7.58. The van der Waals surface area contributed by atoms with Gasteiger partial charge in [0.05, 0.1) is 32.2 Å². The van der Waals surface area contributed by atoms with Gasteiger partial charge in [0, 0.05) is 12.8 Å². The molecule has 1 fully saturated rings. The van der Waals surface area contributed by atoms with Crippen molar-refractivity contribution in [3.8, 4) is 10.4 Å². The highest BCUT2D eigenvalue weighted by atomic mass is 79.9. The smallest absolute Gasteiger partial charge is 0.406 e. The topological polar surface area (TPSA) is 104 Å². The minimum atomic E-state index is -4.55. The molecule has 0 aliphatic heterocycles. The molecule has 32 heavy (non-hydrogen) atoms. The molecule has 1 aliphatic rings. The first-order chi connectivity index (χ1) is 14.8. The van der Waals surface area contributed by atoms with Gasteiger partial charge < -0.3 is 15.5 Å². The number of fused-ring (bicyclic) bond motifs is 1. The number of hydrogen-bond acceptors (Lipinski definition) is 5. The second kappa shape index (κ2) is 7.56. The first-order valence-electron chi connectivity index (χ1n) is 9.39. The monoisotopic (exact) mass is 531 g/mol. The number of alkyl halides is 3. The molecule has 0 radical (unpaired) electrons. The number of carbonyl (C=O) groups is 1. The van der Waals surface area contributed by atoms with Crippen molar-refractivity contribution in [2.45, 2.75) is 43.6 Å². The molecule has 2 heterocycles. The number of hydrogen-bond donors (Lipinski definition) is 3. The predicted octanol–water partition coefficient (Wildman–Crippen LogP) is 4.46. The fourth-order valence-corrected chi connectivity index (χ4v) is 6.23. The molecule has 0 atom stereocenters. The molecule has 1 saturated carbocycles. The molecule has 12 heteroatoms. The maximum Gasteiger partial charge on any atom is 0.406 e. The molecule has 0 saturated heterocycles. The van der Waals surface area contributed by atoms with E-state index in [1.807, 2.05) is 0 Å². The Labute approximate surface area is 191 Å². The number of halogens is 4. The molecule has 0 spiro atoms. The van der Waals surface area contributed by atoms with Crippen molar-refractivity contribution in [1.29, 1.82) is 0 Å². The Hall–Kier alpha value is -2.44. The predicted molar refractivity (Wildman–Crippen MR) is 116 cm³/mol. The molecule has 1 aromatic carbocycles. The molecule has 3 aromatic rings. The van der Waals surface area contributed by atoms with E-state index in [2.05, 4.69) is 26.2 Å². The lowest BCUT2D eigenvalue weighted by Crippen LogP contribution is -2.61. The van der Waals surface area contributed by atoms with Gasteiger partial charge in [-0.3, -0.25) is 9.36 Å². The minimum Gasteiger partial charge on any atom is -0.465 e. The number of rotatable bonds is 4. The van der Waals surface area contributed by atoms with Gasteiger partial charge in [0.25, 0.3) is 5.56 Å². The lowest BCUT2D eigenvalue weighted by Gasteiger charge is -2.51. The van der Waals surface area contributed by atoms with Crippen LogP contribution in [0.5, 0.6) is 0 Å². The summed E-state index contributed by atoms with van der Waals surface area (Å²) in [6.07, 6.45) is -4.41. The van der Waals surface area contributed by atoms with Crippen LogP contribution in [0.4, 0.5) is 18.0 Å². The standard InChI is InChI=1S/C20H17BrF3N3O4S/c1-18(31)6-19(7-18,26-17(29)30)11-4-2-10(3-5-11)14-13(21)12-15(32-14)25-9-27(16(12)28)8-20(22,23)24/h2-5,9,26,31H,6-8H2,1H3,(H,29,30). The first-order valence-corrected chi connectivity index (χ1v) is 11.0. The summed E-state index contributed by atoms with van der Waals surface area (Å²) in [5.41, 5.74) is -1.31. The van der Waals surface area contributed by atoms with E-state index >= 15 is 0 Å². The molecule has 1 amide bonds. The zero-order valence-electron chi connectivity index (χ0n) is 16.5. The van der Waals surface area contributed by atoms with E-state index in [0.717, 1.165) is 17.7 Å². The summed E-state index contributed by atoms with van der Waals surface area (Å²) >= 11 is 4.50. The fraction of sp³-hybridized carbons (Fsp3) is 0.350. The highest BCUT2D eigenvalue weighted by molar-refractivity contribution is 9.10. The zero-order valence-corrected chi connectivity index (χ0v) is 18.9. The number of aliphatic hydroxyl groups is 1. The fourth-order valence-electron chi connectivity index (χ4n) is 4.24. The van der Waals surface area contributed by atoms with Crippen LogP contribution < -0.4 is 10.9 Å². The van der Waals surface area contributed by atoms with Crippen molar-refractivity contribution in [2.75, 3.05) is 0 Å². The van der Waals surface area contributed by atoms with Crippen LogP contribution in [-0.2, 0) is 12.1 Å². The number of nitrogens with zero attached hydrogens (tertiary/aromatic N) is 2. The van der Waals surface area contributed by atoms with Gasteiger partial charge in [-0.15, -0.1) is 11.3 Å². The Morgan fingerprint density at radius 2 is 1.94 bits per heavy atom. The number of amides is 1. The van der Waals surface area contributed by atoms with Crippen molar-refractivity contribution in [3.05, 3.63) is 51.0 Å². The molecule has 7 nitrogen and oxygen atoms in total. The SMILES string of the molecule is CC1(O)CC(NC(=O)O)(c2ccc(-c3sc4ncn(CC(F)(F)F)c(=O)c4c3Br)cc2)C1. The van der Waals surface area contributed by atoms with Crippen LogP contribution >= 0.6 is 27.3 Å². The molecule has 3 N–H and O–H groups in total. The quantitative estimate of drug-likeness (QED) is 0.461. The second-order valence-electron chi connectivity index (χ2n) is 8.16. The number of thiophene rings is 1. The zero-order chi connectivity index (χ0) is 23.5. The Morgan fingerprint density at radius 1 is 1.31 bits per heavy atom. The van der Waals surface area contributed by atoms with Gasteiger partial charge in [0.1, 0.15) is 11.4 Å². The van der Waals surface area contributed by atoms with Gasteiger partial charge in [-0.25, -0.2) is 9.78 Å². The number of nitrogens with one attached hydrogen (secondary N) is 1. The van der Waals surface area contributed by atoms with E-state index in [4.69, 9.17) is 0 Å². The van der Waals surface area contributed by atoms with Crippen LogP contribution in [0.25, 0.3) is 20.7 Å². The average Bonchev–Trinajstić information content (AvgIpc) is 2.98. The van der Waals surface area contributed by atoms with Crippen LogP contribution in [0.2, 0.25) is 0 Å². The van der Waals surface area contributed by atoms with Gasteiger partial charge in [-0.2, -0.15) is 13.2 Å².